The Kier molecular flexibility index (Phi) is 5.54. The van der Waals surface area contributed by atoms with Crippen molar-refractivity contribution < 1.29 is 14.6 Å². The number of para-hydroxylation sites is 1. The third-order valence-corrected chi connectivity index (χ3v) is 6.02. The molecule has 0 unspecified atom stereocenters. The monoisotopic (exact) mass is 421 g/mol. The largest absolute Gasteiger partial charge is 0.482 e. The van der Waals surface area contributed by atoms with Gasteiger partial charge in [0.15, 0.2) is 0 Å². The highest BCUT2D eigenvalue weighted by atomic mass is 35.5. The van der Waals surface area contributed by atoms with Gasteiger partial charge >= 0.3 is 5.97 Å². The first-order chi connectivity index (χ1) is 14.1. The Bertz CT molecular complexity index is 1120. The number of hydrogen-bond donors (Lipinski definition) is 1. The average Bonchev–Trinajstić information content (AvgIpc) is 2.74. The number of carboxylic acids is 1. The molecule has 0 aliphatic carbocycles. The number of carboxylic acid groups (broad SMARTS) is 1. The molecule has 0 atom stereocenters. The molecule has 3 aromatic carbocycles. The van der Waals surface area contributed by atoms with Crippen LogP contribution in [0.5, 0.6) is 5.75 Å². The van der Waals surface area contributed by atoms with Crippen LogP contribution in [-0.2, 0) is 4.79 Å². The molecule has 30 heavy (non-hydrogen) atoms. The lowest BCUT2D eigenvalue weighted by molar-refractivity contribution is -0.139. The molecule has 2 aliphatic rings. The average molecular weight is 422 g/mol. The van der Waals surface area contributed by atoms with E-state index in [4.69, 9.17) is 9.84 Å². The fourth-order valence-corrected chi connectivity index (χ4v) is 4.49. The highest BCUT2D eigenvalue weighted by Gasteiger charge is 2.39. The number of ether oxygens (including phenoxy) is 1. The van der Waals surface area contributed by atoms with Gasteiger partial charge in [0, 0.05) is 31.5 Å². The van der Waals surface area contributed by atoms with Crippen molar-refractivity contribution in [3.63, 3.8) is 0 Å². The molecule has 5 heteroatoms. The molecule has 1 N–H and O–H groups in total. The molecule has 3 aromatic rings. The maximum absolute atomic E-state index is 11.1. The van der Waals surface area contributed by atoms with E-state index < -0.39 is 5.97 Å². The van der Waals surface area contributed by atoms with Crippen molar-refractivity contribution in [1.29, 1.82) is 0 Å². The summed E-state index contributed by atoms with van der Waals surface area (Å²) >= 11 is 0. The van der Waals surface area contributed by atoms with Gasteiger partial charge in [-0.15, -0.1) is 12.4 Å². The zero-order valence-electron chi connectivity index (χ0n) is 16.6. The molecule has 0 saturated carbocycles. The third-order valence-electron chi connectivity index (χ3n) is 6.02. The number of rotatable bonds is 3. The molecular weight excluding hydrogens is 398 g/mol. The molecule has 0 radical (unpaired) electrons. The minimum absolute atomic E-state index is 0. The topological polar surface area (TPSA) is 49.8 Å². The Hall–Kier alpha value is -2.82. The van der Waals surface area contributed by atoms with Gasteiger partial charge in [-0.3, -0.25) is 9.69 Å². The van der Waals surface area contributed by atoms with E-state index in [0.29, 0.717) is 0 Å². The van der Waals surface area contributed by atoms with E-state index in [9.17, 15) is 4.79 Å². The van der Waals surface area contributed by atoms with E-state index in [-0.39, 0.29) is 24.6 Å². The molecule has 154 valence electrons. The van der Waals surface area contributed by atoms with Crippen molar-refractivity contribution in [2.75, 3.05) is 19.6 Å². The molecular formula is C25H24ClNO3. The zero-order valence-corrected chi connectivity index (χ0v) is 17.4. The van der Waals surface area contributed by atoms with E-state index in [0.717, 1.165) is 37.2 Å². The SMILES string of the molecule is Cl.O=C(O)CN1CCC2(C=C(c3ccc4ccccc4c3)c3ccccc3O2)CC1. The second kappa shape index (κ2) is 8.13. The number of hydrogen-bond acceptors (Lipinski definition) is 3. The van der Waals surface area contributed by atoms with Crippen molar-refractivity contribution in [2.24, 2.45) is 0 Å². The summed E-state index contributed by atoms with van der Waals surface area (Å²) in [5.74, 6) is 0.132. The van der Waals surface area contributed by atoms with Crippen LogP contribution < -0.4 is 4.74 Å². The summed E-state index contributed by atoms with van der Waals surface area (Å²) in [6.07, 6.45) is 3.84. The van der Waals surface area contributed by atoms with E-state index >= 15 is 0 Å². The van der Waals surface area contributed by atoms with Crippen molar-refractivity contribution in [3.8, 4) is 5.75 Å². The molecule has 1 spiro atoms. The number of likely N-dealkylation sites (tertiary alicyclic amines) is 1. The number of benzene rings is 3. The molecule has 5 rings (SSSR count). The molecule has 2 aliphatic heterocycles. The van der Waals surface area contributed by atoms with E-state index in [1.165, 1.54) is 21.9 Å². The van der Waals surface area contributed by atoms with Crippen LogP contribution in [-0.4, -0.2) is 41.2 Å². The van der Waals surface area contributed by atoms with E-state index in [1.54, 1.807) is 0 Å². The second-order valence-electron chi connectivity index (χ2n) is 7.95. The Morgan fingerprint density at radius 3 is 2.43 bits per heavy atom. The quantitative estimate of drug-likeness (QED) is 0.646. The van der Waals surface area contributed by atoms with Crippen LogP contribution in [0.2, 0.25) is 0 Å². The fourth-order valence-electron chi connectivity index (χ4n) is 4.49. The first-order valence-electron chi connectivity index (χ1n) is 10.1. The summed E-state index contributed by atoms with van der Waals surface area (Å²) in [7, 11) is 0. The first kappa shape index (κ1) is 20.5. The summed E-state index contributed by atoms with van der Waals surface area (Å²) < 4.78 is 6.50. The van der Waals surface area contributed by atoms with Gasteiger partial charge < -0.3 is 9.84 Å². The number of halogens is 1. The van der Waals surface area contributed by atoms with Gasteiger partial charge in [-0.05, 0) is 40.1 Å². The Morgan fingerprint density at radius 2 is 1.67 bits per heavy atom. The van der Waals surface area contributed by atoms with Crippen LogP contribution in [0.3, 0.4) is 0 Å². The van der Waals surface area contributed by atoms with Crippen molar-refractivity contribution in [1.82, 2.24) is 4.90 Å². The minimum atomic E-state index is -0.775. The molecule has 1 fully saturated rings. The Balaban J connectivity index is 0.00000218. The second-order valence-corrected chi connectivity index (χ2v) is 7.95. The standard InChI is InChI=1S/C25H23NO3.ClH/c27-24(28)17-26-13-11-25(12-14-26)16-22(21-7-3-4-8-23(21)29-25)20-10-9-18-5-1-2-6-19(18)15-20;/h1-10,15-16H,11-14,17H2,(H,27,28);1H. The van der Waals surface area contributed by atoms with Crippen LogP contribution in [0.1, 0.15) is 24.0 Å². The van der Waals surface area contributed by atoms with Gasteiger partial charge in [0.2, 0.25) is 0 Å². The molecule has 0 amide bonds. The number of fused-ring (bicyclic) bond motifs is 2. The van der Waals surface area contributed by atoms with Gasteiger partial charge in [0.1, 0.15) is 11.4 Å². The highest BCUT2D eigenvalue weighted by molar-refractivity contribution is 5.91. The molecule has 0 bridgehead atoms. The van der Waals surface area contributed by atoms with Crippen LogP contribution in [0.4, 0.5) is 0 Å². The van der Waals surface area contributed by atoms with Gasteiger partial charge in [0.05, 0.1) is 6.54 Å². The zero-order chi connectivity index (χ0) is 19.8. The Morgan fingerprint density at radius 1 is 0.967 bits per heavy atom. The third kappa shape index (κ3) is 3.81. The van der Waals surface area contributed by atoms with Gasteiger partial charge in [-0.1, -0.05) is 54.6 Å². The number of carbonyl (C=O) groups is 1. The van der Waals surface area contributed by atoms with Gasteiger partial charge in [-0.2, -0.15) is 0 Å². The van der Waals surface area contributed by atoms with Crippen molar-refractivity contribution in [3.05, 3.63) is 83.9 Å². The van der Waals surface area contributed by atoms with Crippen LogP contribution in [0.15, 0.2) is 72.8 Å². The van der Waals surface area contributed by atoms with Crippen LogP contribution >= 0.6 is 12.4 Å². The lowest BCUT2D eigenvalue weighted by Gasteiger charge is -2.42. The maximum Gasteiger partial charge on any atom is 0.317 e. The molecule has 0 aromatic heterocycles. The normalized spacial score (nSPS) is 17.5. The molecule has 2 heterocycles. The lowest BCUT2D eigenvalue weighted by Crippen LogP contribution is -2.49. The maximum atomic E-state index is 11.1. The molecule has 4 nitrogen and oxygen atoms in total. The summed E-state index contributed by atoms with van der Waals surface area (Å²) in [6, 6.07) is 23.2. The predicted molar refractivity (Wildman–Crippen MR) is 121 cm³/mol. The van der Waals surface area contributed by atoms with Crippen molar-refractivity contribution >= 4 is 34.7 Å². The predicted octanol–water partition coefficient (Wildman–Crippen LogP) is 5.00. The van der Waals surface area contributed by atoms with Crippen LogP contribution in [0, 0.1) is 0 Å². The molecule has 1 saturated heterocycles. The number of nitrogens with zero attached hydrogens (tertiary/aromatic N) is 1. The minimum Gasteiger partial charge on any atom is -0.482 e. The van der Waals surface area contributed by atoms with Gasteiger partial charge in [-0.25, -0.2) is 0 Å². The number of piperidine rings is 1. The van der Waals surface area contributed by atoms with Crippen LogP contribution in [0.25, 0.3) is 16.3 Å². The summed E-state index contributed by atoms with van der Waals surface area (Å²) in [4.78, 5) is 13.0. The summed E-state index contributed by atoms with van der Waals surface area (Å²) in [6.45, 7) is 1.53. The van der Waals surface area contributed by atoms with E-state index in [1.807, 2.05) is 23.1 Å². The fraction of sp³-hybridized carbons (Fsp3) is 0.240. The van der Waals surface area contributed by atoms with E-state index in [2.05, 4.69) is 54.6 Å². The summed E-state index contributed by atoms with van der Waals surface area (Å²) in [5.41, 5.74) is 3.11. The van der Waals surface area contributed by atoms with Crippen molar-refractivity contribution in [2.45, 2.75) is 18.4 Å². The number of aliphatic carboxylic acids is 1. The smallest absolute Gasteiger partial charge is 0.317 e. The van der Waals surface area contributed by atoms with Gasteiger partial charge in [0.25, 0.3) is 0 Å². The first-order valence-corrected chi connectivity index (χ1v) is 10.1. The lowest BCUT2D eigenvalue weighted by atomic mass is 9.82. The Labute approximate surface area is 182 Å². The summed E-state index contributed by atoms with van der Waals surface area (Å²) in [5, 5.41) is 11.5. The highest BCUT2D eigenvalue weighted by Crippen LogP contribution is 2.43.